The number of aliphatic hydroxyl groups excluding tert-OH is 1. The van der Waals surface area contributed by atoms with E-state index in [0.29, 0.717) is 6.42 Å². The standard InChI is InChI=1S/C19H38NO7P/c1-2-3-4-5-6-7-8-9-10-11-12-13-19(22)27-18(16-21)17-26-28(23,24)25-15-14-20/h5-6,18,21H,2-4,7-17,20H2,1H3,(H,23,24). The number of unbranched alkanes of at least 4 members (excludes halogenated alkanes) is 7. The van der Waals surface area contributed by atoms with Gasteiger partial charge >= 0.3 is 13.8 Å². The van der Waals surface area contributed by atoms with Gasteiger partial charge in [0.2, 0.25) is 0 Å². The van der Waals surface area contributed by atoms with Crippen LogP contribution in [0, 0.1) is 0 Å². The van der Waals surface area contributed by atoms with Crippen LogP contribution in [0.2, 0.25) is 0 Å². The predicted molar refractivity (Wildman–Crippen MR) is 109 cm³/mol. The smallest absolute Gasteiger partial charge is 0.457 e. The van der Waals surface area contributed by atoms with Crippen LogP contribution in [0.5, 0.6) is 0 Å². The van der Waals surface area contributed by atoms with Gasteiger partial charge in [0.25, 0.3) is 0 Å². The number of allylic oxidation sites excluding steroid dienone is 2. The Hall–Kier alpha value is -0.760. The first-order valence-electron chi connectivity index (χ1n) is 10.2. The molecule has 0 aromatic heterocycles. The van der Waals surface area contributed by atoms with Gasteiger partial charge in [0.1, 0.15) is 6.10 Å². The van der Waals surface area contributed by atoms with E-state index >= 15 is 0 Å². The van der Waals surface area contributed by atoms with E-state index in [4.69, 9.17) is 10.5 Å². The maximum atomic E-state index is 11.8. The SMILES string of the molecule is CCCCC=CCCCCCCCC(=O)OC(CO)COP(=O)(O)OCCN. The van der Waals surface area contributed by atoms with E-state index in [9.17, 15) is 19.4 Å². The van der Waals surface area contributed by atoms with Crippen molar-refractivity contribution in [3.63, 3.8) is 0 Å². The fourth-order valence-corrected chi connectivity index (χ4v) is 3.14. The summed E-state index contributed by atoms with van der Waals surface area (Å²) in [6, 6.07) is 0. The second-order valence-corrected chi connectivity index (χ2v) is 8.05. The Morgan fingerprint density at radius 1 is 1.07 bits per heavy atom. The minimum Gasteiger partial charge on any atom is -0.457 e. The minimum atomic E-state index is -4.25. The van der Waals surface area contributed by atoms with Crippen molar-refractivity contribution < 1.29 is 33.1 Å². The molecule has 0 aromatic rings. The zero-order valence-electron chi connectivity index (χ0n) is 17.1. The van der Waals surface area contributed by atoms with Gasteiger partial charge in [0.05, 0.1) is 19.8 Å². The molecule has 0 saturated heterocycles. The summed E-state index contributed by atoms with van der Waals surface area (Å²) < 4.78 is 25.8. The third-order valence-electron chi connectivity index (χ3n) is 3.94. The summed E-state index contributed by atoms with van der Waals surface area (Å²) in [5.41, 5.74) is 5.17. The van der Waals surface area contributed by atoms with Gasteiger partial charge in [0, 0.05) is 13.0 Å². The van der Waals surface area contributed by atoms with Crippen molar-refractivity contribution in [1.29, 1.82) is 0 Å². The second-order valence-electron chi connectivity index (χ2n) is 6.60. The Kier molecular flexibility index (Phi) is 17.8. The molecular formula is C19H38NO7P. The summed E-state index contributed by atoms with van der Waals surface area (Å²) >= 11 is 0. The van der Waals surface area contributed by atoms with Crippen LogP contribution in [0.15, 0.2) is 12.2 Å². The highest BCUT2D eigenvalue weighted by molar-refractivity contribution is 7.47. The van der Waals surface area contributed by atoms with Crippen LogP contribution in [0.25, 0.3) is 0 Å². The molecule has 9 heteroatoms. The van der Waals surface area contributed by atoms with Crippen molar-refractivity contribution in [2.45, 2.75) is 77.2 Å². The number of hydrogen-bond donors (Lipinski definition) is 3. The zero-order valence-corrected chi connectivity index (χ0v) is 18.0. The Bertz CT molecular complexity index is 460. The Morgan fingerprint density at radius 2 is 1.71 bits per heavy atom. The Balaban J connectivity index is 3.75. The molecule has 0 saturated carbocycles. The van der Waals surface area contributed by atoms with E-state index in [-0.39, 0.29) is 19.6 Å². The number of phosphoric ester groups is 1. The molecule has 2 unspecified atom stereocenters. The molecule has 0 aliphatic carbocycles. The summed E-state index contributed by atoms with van der Waals surface area (Å²) in [5.74, 6) is -0.461. The van der Waals surface area contributed by atoms with Gasteiger partial charge in [-0.2, -0.15) is 0 Å². The fourth-order valence-electron chi connectivity index (χ4n) is 2.37. The molecule has 0 heterocycles. The van der Waals surface area contributed by atoms with E-state index in [1.54, 1.807) is 0 Å². The monoisotopic (exact) mass is 423 g/mol. The van der Waals surface area contributed by atoms with Gasteiger partial charge in [-0.3, -0.25) is 13.8 Å². The summed E-state index contributed by atoms with van der Waals surface area (Å²) in [4.78, 5) is 21.2. The van der Waals surface area contributed by atoms with Crippen LogP contribution in [0.4, 0.5) is 0 Å². The molecule has 0 spiro atoms. The fraction of sp³-hybridized carbons (Fsp3) is 0.842. The summed E-state index contributed by atoms with van der Waals surface area (Å²) in [5, 5.41) is 9.21. The molecule has 0 aliphatic heterocycles. The highest BCUT2D eigenvalue weighted by Crippen LogP contribution is 2.42. The number of hydrogen-bond acceptors (Lipinski definition) is 7. The van der Waals surface area contributed by atoms with Gasteiger partial charge < -0.3 is 20.5 Å². The first-order valence-corrected chi connectivity index (χ1v) is 11.7. The van der Waals surface area contributed by atoms with E-state index in [2.05, 4.69) is 28.1 Å². The normalized spacial score (nSPS) is 14.9. The number of ether oxygens (including phenoxy) is 1. The lowest BCUT2D eigenvalue weighted by Crippen LogP contribution is -2.27. The summed E-state index contributed by atoms with van der Waals surface area (Å²) in [6.45, 7) is 1.20. The first kappa shape index (κ1) is 27.2. The average Bonchev–Trinajstić information content (AvgIpc) is 2.67. The van der Waals surface area contributed by atoms with Gasteiger partial charge in [-0.25, -0.2) is 4.57 Å². The van der Waals surface area contributed by atoms with Crippen molar-refractivity contribution in [3.8, 4) is 0 Å². The van der Waals surface area contributed by atoms with Crippen LogP contribution >= 0.6 is 7.82 Å². The molecule has 4 N–H and O–H groups in total. The molecule has 28 heavy (non-hydrogen) atoms. The Labute approximate surface area is 169 Å². The van der Waals surface area contributed by atoms with Gasteiger partial charge in [-0.15, -0.1) is 0 Å². The van der Waals surface area contributed by atoms with Gasteiger partial charge in [-0.05, 0) is 25.7 Å². The van der Waals surface area contributed by atoms with Crippen LogP contribution in [-0.4, -0.2) is 48.4 Å². The molecule has 0 amide bonds. The lowest BCUT2D eigenvalue weighted by Gasteiger charge is -2.17. The van der Waals surface area contributed by atoms with Crippen molar-refractivity contribution >= 4 is 13.8 Å². The van der Waals surface area contributed by atoms with Crippen LogP contribution < -0.4 is 5.73 Å². The van der Waals surface area contributed by atoms with E-state index < -0.39 is 33.1 Å². The lowest BCUT2D eigenvalue weighted by molar-refractivity contribution is -0.153. The lowest BCUT2D eigenvalue weighted by atomic mass is 10.1. The highest BCUT2D eigenvalue weighted by Gasteiger charge is 2.24. The first-order chi connectivity index (χ1) is 13.4. The number of phosphoric acid groups is 1. The van der Waals surface area contributed by atoms with Crippen LogP contribution in [0.3, 0.4) is 0 Å². The molecule has 0 fully saturated rings. The molecule has 166 valence electrons. The molecule has 8 nitrogen and oxygen atoms in total. The van der Waals surface area contributed by atoms with Gasteiger partial charge in [-0.1, -0.05) is 51.2 Å². The summed E-state index contributed by atoms with van der Waals surface area (Å²) in [7, 11) is -4.25. The third kappa shape index (κ3) is 17.3. The Morgan fingerprint density at radius 3 is 2.36 bits per heavy atom. The highest BCUT2D eigenvalue weighted by atomic mass is 31.2. The van der Waals surface area contributed by atoms with E-state index in [1.807, 2.05) is 0 Å². The number of carbonyl (C=O) groups is 1. The van der Waals surface area contributed by atoms with Crippen molar-refractivity contribution in [2.75, 3.05) is 26.4 Å². The molecule has 0 radical (unpaired) electrons. The third-order valence-corrected chi connectivity index (χ3v) is 4.92. The largest absolute Gasteiger partial charge is 0.472 e. The van der Waals surface area contributed by atoms with E-state index in [1.165, 1.54) is 12.8 Å². The van der Waals surface area contributed by atoms with Crippen molar-refractivity contribution in [2.24, 2.45) is 5.73 Å². The molecular weight excluding hydrogens is 385 g/mol. The molecule has 0 aliphatic rings. The number of rotatable bonds is 19. The maximum Gasteiger partial charge on any atom is 0.472 e. The van der Waals surface area contributed by atoms with Crippen LogP contribution in [-0.2, 0) is 23.1 Å². The quantitative estimate of drug-likeness (QED) is 0.125. The molecule has 2 atom stereocenters. The van der Waals surface area contributed by atoms with Crippen molar-refractivity contribution in [3.05, 3.63) is 12.2 Å². The number of carbonyl (C=O) groups excluding carboxylic acids is 1. The number of aliphatic hydroxyl groups is 1. The van der Waals surface area contributed by atoms with E-state index in [0.717, 1.165) is 38.5 Å². The average molecular weight is 423 g/mol. The second kappa shape index (κ2) is 18.3. The van der Waals surface area contributed by atoms with Crippen molar-refractivity contribution in [1.82, 2.24) is 0 Å². The molecule has 0 rings (SSSR count). The summed E-state index contributed by atoms with van der Waals surface area (Å²) in [6.07, 6.45) is 13.5. The number of esters is 1. The minimum absolute atomic E-state index is 0.0714. The molecule has 0 bridgehead atoms. The number of nitrogens with two attached hydrogens (primary N) is 1. The topological polar surface area (TPSA) is 128 Å². The molecule has 0 aromatic carbocycles. The zero-order chi connectivity index (χ0) is 21.1. The maximum absolute atomic E-state index is 11.8. The van der Waals surface area contributed by atoms with Crippen LogP contribution in [0.1, 0.15) is 71.1 Å². The predicted octanol–water partition coefficient (Wildman–Crippen LogP) is 3.46. The van der Waals surface area contributed by atoms with Gasteiger partial charge in [0.15, 0.2) is 0 Å².